The van der Waals surface area contributed by atoms with Crippen molar-refractivity contribution in [1.82, 2.24) is 15.3 Å². The summed E-state index contributed by atoms with van der Waals surface area (Å²) >= 11 is 4.74. The third kappa shape index (κ3) is 6.17. The predicted molar refractivity (Wildman–Crippen MR) is 112 cm³/mol. The van der Waals surface area contributed by atoms with Gasteiger partial charge in [-0.05, 0) is 48.5 Å². The average molecular weight is 457 g/mol. The van der Waals surface area contributed by atoms with Gasteiger partial charge in [0, 0.05) is 41.1 Å². The van der Waals surface area contributed by atoms with E-state index in [1.165, 1.54) is 11.8 Å². The Hall–Kier alpha value is -2.71. The van der Waals surface area contributed by atoms with Crippen LogP contribution in [0.2, 0.25) is 0 Å². The summed E-state index contributed by atoms with van der Waals surface area (Å²) in [4.78, 5) is 32.7. The molecular formula is C20H17BrN4O2S. The molecule has 2 amide bonds. The molecule has 0 unspecified atom stereocenters. The van der Waals surface area contributed by atoms with E-state index in [2.05, 4.69) is 36.5 Å². The van der Waals surface area contributed by atoms with E-state index in [0.717, 1.165) is 14.5 Å². The van der Waals surface area contributed by atoms with Crippen LogP contribution >= 0.6 is 27.7 Å². The first-order valence-electron chi connectivity index (χ1n) is 8.49. The molecule has 1 aromatic carbocycles. The molecule has 0 aliphatic rings. The molecule has 0 saturated heterocycles. The minimum atomic E-state index is -0.210. The average Bonchev–Trinajstić information content (AvgIpc) is 2.69. The molecular weight excluding hydrogens is 440 g/mol. The number of hydrogen-bond acceptors (Lipinski definition) is 5. The van der Waals surface area contributed by atoms with Crippen molar-refractivity contribution in [3.05, 3.63) is 77.0 Å². The van der Waals surface area contributed by atoms with Crippen molar-refractivity contribution >= 4 is 45.2 Å². The molecule has 0 bridgehead atoms. The molecule has 0 aliphatic carbocycles. The van der Waals surface area contributed by atoms with Crippen LogP contribution in [0.15, 0.2) is 81.5 Å². The largest absolute Gasteiger partial charge is 0.352 e. The molecule has 0 aliphatic heterocycles. The van der Waals surface area contributed by atoms with Crippen LogP contribution in [0.1, 0.15) is 16.8 Å². The standard InChI is InChI=1S/C20H17BrN4O2S/c21-15-6-4-14(5-7-15)20(27)24-12-9-17(26)25-16-8-11-23-19(13-16)28-18-3-1-2-10-22-18/h1-8,10-11,13H,9,12H2,(H,24,27)(H,23,25,26). The number of pyridine rings is 2. The van der Waals surface area contributed by atoms with Gasteiger partial charge in [-0.3, -0.25) is 9.59 Å². The van der Waals surface area contributed by atoms with E-state index >= 15 is 0 Å². The van der Waals surface area contributed by atoms with Crippen LogP contribution in [0, 0.1) is 0 Å². The Labute approximate surface area is 175 Å². The molecule has 142 valence electrons. The molecule has 28 heavy (non-hydrogen) atoms. The third-order valence-electron chi connectivity index (χ3n) is 3.61. The van der Waals surface area contributed by atoms with Crippen LogP contribution in [0.4, 0.5) is 5.69 Å². The maximum atomic E-state index is 12.1. The zero-order chi connectivity index (χ0) is 19.8. The van der Waals surface area contributed by atoms with E-state index in [-0.39, 0.29) is 24.8 Å². The molecule has 3 aromatic rings. The number of hydrogen-bond donors (Lipinski definition) is 2. The van der Waals surface area contributed by atoms with Crippen LogP contribution < -0.4 is 10.6 Å². The summed E-state index contributed by atoms with van der Waals surface area (Å²) in [6.07, 6.45) is 3.53. The summed E-state index contributed by atoms with van der Waals surface area (Å²) in [6, 6.07) is 16.2. The number of anilines is 1. The number of rotatable bonds is 7. The third-order valence-corrected chi connectivity index (χ3v) is 5.02. The zero-order valence-corrected chi connectivity index (χ0v) is 17.2. The molecule has 6 nitrogen and oxygen atoms in total. The van der Waals surface area contributed by atoms with Gasteiger partial charge in [-0.1, -0.05) is 33.8 Å². The first-order valence-corrected chi connectivity index (χ1v) is 10.1. The first-order chi connectivity index (χ1) is 13.6. The van der Waals surface area contributed by atoms with Crippen molar-refractivity contribution < 1.29 is 9.59 Å². The second kappa shape index (κ2) is 10.0. The first kappa shape index (κ1) is 20.0. The second-order valence-corrected chi connectivity index (χ2v) is 7.67. The summed E-state index contributed by atoms with van der Waals surface area (Å²) < 4.78 is 0.904. The van der Waals surface area contributed by atoms with Gasteiger partial charge in [0.1, 0.15) is 10.1 Å². The van der Waals surface area contributed by atoms with Gasteiger partial charge in [-0.25, -0.2) is 9.97 Å². The molecule has 0 radical (unpaired) electrons. The van der Waals surface area contributed by atoms with Crippen molar-refractivity contribution in [1.29, 1.82) is 0 Å². The number of nitrogens with one attached hydrogen (secondary N) is 2. The Morgan fingerprint density at radius 2 is 1.75 bits per heavy atom. The fourth-order valence-corrected chi connectivity index (χ4v) is 3.31. The van der Waals surface area contributed by atoms with Gasteiger partial charge in [-0.15, -0.1) is 0 Å². The molecule has 8 heteroatoms. The molecule has 0 saturated carbocycles. The van der Waals surface area contributed by atoms with Crippen LogP contribution in [0.25, 0.3) is 0 Å². The van der Waals surface area contributed by atoms with E-state index in [0.29, 0.717) is 11.3 Å². The quantitative estimate of drug-likeness (QED) is 0.557. The van der Waals surface area contributed by atoms with Crippen LogP contribution in [-0.2, 0) is 4.79 Å². The number of carbonyl (C=O) groups excluding carboxylic acids is 2. The summed E-state index contributed by atoms with van der Waals surface area (Å²) in [5.74, 6) is -0.394. The topological polar surface area (TPSA) is 84.0 Å². The molecule has 0 atom stereocenters. The van der Waals surface area contributed by atoms with Gasteiger partial charge in [0.25, 0.3) is 5.91 Å². The van der Waals surface area contributed by atoms with Crippen molar-refractivity contribution in [3.8, 4) is 0 Å². The van der Waals surface area contributed by atoms with Gasteiger partial charge >= 0.3 is 0 Å². The van der Waals surface area contributed by atoms with E-state index < -0.39 is 0 Å². The van der Waals surface area contributed by atoms with Gasteiger partial charge in [0.05, 0.1) is 0 Å². The fourth-order valence-electron chi connectivity index (χ4n) is 2.27. The Bertz CT molecular complexity index is 952. The van der Waals surface area contributed by atoms with Gasteiger partial charge < -0.3 is 10.6 Å². The van der Waals surface area contributed by atoms with Crippen molar-refractivity contribution in [2.24, 2.45) is 0 Å². The highest BCUT2D eigenvalue weighted by Crippen LogP contribution is 2.25. The maximum Gasteiger partial charge on any atom is 0.251 e. The van der Waals surface area contributed by atoms with Crippen LogP contribution in [-0.4, -0.2) is 28.3 Å². The van der Waals surface area contributed by atoms with Gasteiger partial charge in [0.2, 0.25) is 5.91 Å². The van der Waals surface area contributed by atoms with Crippen LogP contribution in [0.3, 0.4) is 0 Å². The van der Waals surface area contributed by atoms with Crippen molar-refractivity contribution in [3.63, 3.8) is 0 Å². The maximum absolute atomic E-state index is 12.1. The molecule has 0 spiro atoms. The van der Waals surface area contributed by atoms with Crippen LogP contribution in [0.5, 0.6) is 0 Å². The van der Waals surface area contributed by atoms with Crippen molar-refractivity contribution in [2.75, 3.05) is 11.9 Å². The lowest BCUT2D eigenvalue weighted by Gasteiger charge is -2.08. The molecule has 2 aromatic heterocycles. The number of benzene rings is 1. The highest BCUT2D eigenvalue weighted by Gasteiger charge is 2.08. The second-order valence-electron chi connectivity index (χ2n) is 5.71. The lowest BCUT2D eigenvalue weighted by atomic mass is 10.2. The number of carbonyl (C=O) groups is 2. The molecule has 2 N–H and O–H groups in total. The Balaban J connectivity index is 1.47. The summed E-state index contributed by atoms with van der Waals surface area (Å²) in [5, 5.41) is 7.12. The summed E-state index contributed by atoms with van der Waals surface area (Å²) in [7, 11) is 0. The Kier molecular flexibility index (Phi) is 7.16. The Morgan fingerprint density at radius 1 is 0.964 bits per heavy atom. The zero-order valence-electron chi connectivity index (χ0n) is 14.8. The number of amides is 2. The lowest BCUT2D eigenvalue weighted by Crippen LogP contribution is -2.27. The SMILES string of the molecule is O=C(CCNC(=O)c1ccc(Br)cc1)Nc1ccnc(Sc2ccccn2)c1. The van der Waals surface area contributed by atoms with Gasteiger partial charge in [-0.2, -0.15) is 0 Å². The monoisotopic (exact) mass is 456 g/mol. The van der Waals surface area contributed by atoms with Gasteiger partial charge in [0.15, 0.2) is 0 Å². The number of nitrogens with zero attached hydrogens (tertiary/aromatic N) is 2. The van der Waals surface area contributed by atoms with E-state index in [1.807, 2.05) is 18.2 Å². The Morgan fingerprint density at radius 3 is 2.50 bits per heavy atom. The highest BCUT2D eigenvalue weighted by atomic mass is 79.9. The summed E-state index contributed by atoms with van der Waals surface area (Å²) in [6.45, 7) is 0.251. The minimum absolute atomic E-state index is 0.174. The lowest BCUT2D eigenvalue weighted by molar-refractivity contribution is -0.116. The highest BCUT2D eigenvalue weighted by molar-refractivity contribution is 9.10. The normalized spacial score (nSPS) is 10.3. The minimum Gasteiger partial charge on any atom is -0.352 e. The molecule has 0 fully saturated rings. The van der Waals surface area contributed by atoms with Crippen molar-refractivity contribution in [2.45, 2.75) is 16.5 Å². The smallest absolute Gasteiger partial charge is 0.251 e. The predicted octanol–water partition coefficient (Wildman–Crippen LogP) is 4.15. The van der Waals surface area contributed by atoms with E-state index in [1.54, 1.807) is 48.8 Å². The van der Waals surface area contributed by atoms with E-state index in [4.69, 9.17) is 0 Å². The summed E-state index contributed by atoms with van der Waals surface area (Å²) in [5.41, 5.74) is 1.20. The van der Waals surface area contributed by atoms with E-state index in [9.17, 15) is 9.59 Å². The molecule has 2 heterocycles. The fraction of sp³-hybridized carbons (Fsp3) is 0.100. The molecule has 3 rings (SSSR count). The number of halogens is 1. The number of aromatic nitrogens is 2.